The van der Waals surface area contributed by atoms with Gasteiger partial charge in [-0.1, -0.05) is 36.8 Å². The van der Waals surface area contributed by atoms with Gasteiger partial charge in [0.05, 0.1) is 12.7 Å². The predicted molar refractivity (Wildman–Crippen MR) is 97.3 cm³/mol. The maximum Gasteiger partial charge on any atom is 0.407 e. The summed E-state index contributed by atoms with van der Waals surface area (Å²) in [6, 6.07) is 7.38. The minimum atomic E-state index is -0.506. The third kappa shape index (κ3) is 5.62. The Morgan fingerprint density at radius 3 is 2.60 bits per heavy atom. The van der Waals surface area contributed by atoms with Gasteiger partial charge in [-0.05, 0) is 51.2 Å². The molecule has 1 saturated carbocycles. The van der Waals surface area contributed by atoms with Crippen LogP contribution in [0.2, 0.25) is 0 Å². The van der Waals surface area contributed by atoms with Crippen LogP contribution in [0, 0.1) is 5.92 Å². The third-order valence-electron chi connectivity index (χ3n) is 4.16. The number of benzene rings is 1. The highest BCUT2D eigenvalue weighted by Crippen LogP contribution is 2.28. The molecule has 0 aromatic heterocycles. The van der Waals surface area contributed by atoms with Gasteiger partial charge in [-0.3, -0.25) is 0 Å². The first kappa shape index (κ1) is 19.0. The molecule has 0 aliphatic heterocycles. The maximum absolute atomic E-state index is 12.0. The molecule has 136 valence electrons. The van der Waals surface area contributed by atoms with Gasteiger partial charge >= 0.3 is 12.1 Å². The molecule has 1 amide bonds. The lowest BCUT2D eigenvalue weighted by Crippen LogP contribution is -2.40. The Balaban J connectivity index is 2.05. The van der Waals surface area contributed by atoms with Gasteiger partial charge in [0.15, 0.2) is 0 Å². The monoisotopic (exact) mass is 345 g/mol. The average Bonchev–Trinajstić information content (AvgIpc) is 2.97. The molecular formula is C20H27NO4. The van der Waals surface area contributed by atoms with Gasteiger partial charge in [0.1, 0.15) is 5.60 Å². The summed E-state index contributed by atoms with van der Waals surface area (Å²) in [6.07, 6.45) is 6.59. The normalized spacial score (nSPS) is 20.5. The van der Waals surface area contributed by atoms with Crippen LogP contribution in [0.5, 0.6) is 0 Å². The Morgan fingerprint density at radius 1 is 1.20 bits per heavy atom. The van der Waals surface area contributed by atoms with Crippen LogP contribution >= 0.6 is 0 Å². The second kappa shape index (κ2) is 8.19. The van der Waals surface area contributed by atoms with Gasteiger partial charge in [0.2, 0.25) is 0 Å². The van der Waals surface area contributed by atoms with E-state index in [9.17, 15) is 9.59 Å². The van der Waals surface area contributed by atoms with Gasteiger partial charge < -0.3 is 14.8 Å². The molecule has 25 heavy (non-hydrogen) atoms. The number of rotatable bonds is 4. The standard InChI is InChI=1S/C20H27NO4/c1-20(2,3)25-19(23)21-17-11-7-9-15(17)13-12-14-8-5-6-10-16(14)18(22)24-4/h5-6,8,10,12-13,15,17H,7,9,11H2,1-4H3,(H,21,23)/t15-,17-/m0/s1. The Bertz CT molecular complexity index is 645. The number of methoxy groups -OCH3 is 1. The summed E-state index contributed by atoms with van der Waals surface area (Å²) in [5, 5.41) is 2.97. The van der Waals surface area contributed by atoms with Crippen molar-refractivity contribution in [3.8, 4) is 0 Å². The van der Waals surface area contributed by atoms with E-state index in [0.717, 1.165) is 24.8 Å². The van der Waals surface area contributed by atoms with E-state index < -0.39 is 5.60 Å². The SMILES string of the molecule is COC(=O)c1ccccc1C=C[C@@H]1CCC[C@@H]1NC(=O)OC(C)(C)C. The van der Waals surface area contributed by atoms with E-state index in [0.29, 0.717) is 5.56 Å². The second-order valence-corrected chi connectivity index (χ2v) is 7.29. The molecule has 0 bridgehead atoms. The molecule has 5 nitrogen and oxygen atoms in total. The third-order valence-corrected chi connectivity index (χ3v) is 4.16. The Hall–Kier alpha value is -2.30. The summed E-state index contributed by atoms with van der Waals surface area (Å²) in [5.41, 5.74) is 0.848. The molecule has 1 aromatic rings. The van der Waals surface area contributed by atoms with E-state index in [-0.39, 0.29) is 24.0 Å². The van der Waals surface area contributed by atoms with Gasteiger partial charge in [-0.25, -0.2) is 9.59 Å². The number of carbonyl (C=O) groups is 2. The largest absolute Gasteiger partial charge is 0.465 e. The summed E-state index contributed by atoms with van der Waals surface area (Å²) in [6.45, 7) is 5.55. The molecule has 1 aliphatic carbocycles. The van der Waals surface area contributed by atoms with Crippen molar-refractivity contribution >= 4 is 18.1 Å². The van der Waals surface area contributed by atoms with Crippen molar-refractivity contribution in [2.75, 3.05) is 7.11 Å². The molecule has 0 unspecified atom stereocenters. The first-order valence-corrected chi connectivity index (χ1v) is 8.65. The predicted octanol–water partition coefficient (Wildman–Crippen LogP) is 4.18. The number of amides is 1. The minimum absolute atomic E-state index is 0.0522. The number of nitrogens with one attached hydrogen (secondary N) is 1. The highest BCUT2D eigenvalue weighted by molar-refractivity contribution is 5.93. The molecule has 1 aliphatic rings. The fourth-order valence-electron chi connectivity index (χ4n) is 3.02. The summed E-state index contributed by atoms with van der Waals surface area (Å²) < 4.78 is 10.2. The van der Waals surface area contributed by atoms with E-state index in [1.165, 1.54) is 7.11 Å². The quantitative estimate of drug-likeness (QED) is 0.832. The number of hydrogen-bond donors (Lipinski definition) is 1. The lowest BCUT2D eigenvalue weighted by atomic mass is 10.00. The Morgan fingerprint density at radius 2 is 1.92 bits per heavy atom. The van der Waals surface area contributed by atoms with Crippen molar-refractivity contribution in [3.05, 3.63) is 41.5 Å². The van der Waals surface area contributed by atoms with Crippen LogP contribution in [0.25, 0.3) is 6.08 Å². The molecule has 0 saturated heterocycles. The molecule has 2 rings (SSSR count). The summed E-state index contributed by atoms with van der Waals surface area (Å²) in [5.74, 6) is -0.131. The summed E-state index contributed by atoms with van der Waals surface area (Å²) in [7, 11) is 1.38. The number of ether oxygens (including phenoxy) is 2. The first-order valence-electron chi connectivity index (χ1n) is 8.65. The van der Waals surface area contributed by atoms with E-state index in [1.807, 2.05) is 45.0 Å². The zero-order chi connectivity index (χ0) is 18.4. The Labute approximate surface area is 149 Å². The fourth-order valence-corrected chi connectivity index (χ4v) is 3.02. The number of hydrogen-bond acceptors (Lipinski definition) is 4. The van der Waals surface area contributed by atoms with Crippen molar-refractivity contribution in [2.24, 2.45) is 5.92 Å². The van der Waals surface area contributed by atoms with Crippen LogP contribution in [-0.2, 0) is 9.47 Å². The molecule has 0 radical (unpaired) electrons. The van der Waals surface area contributed by atoms with Crippen molar-refractivity contribution < 1.29 is 19.1 Å². The zero-order valence-corrected chi connectivity index (χ0v) is 15.4. The Kier molecular flexibility index (Phi) is 6.23. The zero-order valence-electron chi connectivity index (χ0n) is 15.4. The highest BCUT2D eigenvalue weighted by atomic mass is 16.6. The van der Waals surface area contributed by atoms with Crippen LogP contribution in [-0.4, -0.2) is 30.8 Å². The van der Waals surface area contributed by atoms with Crippen LogP contribution in [0.4, 0.5) is 4.79 Å². The lowest BCUT2D eigenvalue weighted by Gasteiger charge is -2.23. The van der Waals surface area contributed by atoms with Crippen LogP contribution in [0.1, 0.15) is 56.0 Å². The molecule has 5 heteroatoms. The number of alkyl carbamates (subject to hydrolysis) is 1. The van der Waals surface area contributed by atoms with Crippen molar-refractivity contribution in [3.63, 3.8) is 0 Å². The molecular weight excluding hydrogens is 318 g/mol. The van der Waals surface area contributed by atoms with Gasteiger partial charge in [-0.2, -0.15) is 0 Å². The number of esters is 1. The highest BCUT2D eigenvalue weighted by Gasteiger charge is 2.28. The average molecular weight is 345 g/mol. The van der Waals surface area contributed by atoms with E-state index in [4.69, 9.17) is 9.47 Å². The van der Waals surface area contributed by atoms with E-state index >= 15 is 0 Å². The maximum atomic E-state index is 12.0. The summed E-state index contributed by atoms with van der Waals surface area (Å²) >= 11 is 0. The van der Waals surface area contributed by atoms with Crippen LogP contribution < -0.4 is 5.32 Å². The minimum Gasteiger partial charge on any atom is -0.465 e. The lowest BCUT2D eigenvalue weighted by molar-refractivity contribution is 0.0497. The molecule has 1 N–H and O–H groups in total. The number of carbonyl (C=O) groups excluding carboxylic acids is 2. The molecule has 1 aromatic carbocycles. The van der Waals surface area contributed by atoms with E-state index in [1.54, 1.807) is 6.07 Å². The molecule has 1 fully saturated rings. The van der Waals surface area contributed by atoms with Crippen LogP contribution in [0.15, 0.2) is 30.3 Å². The van der Waals surface area contributed by atoms with Gasteiger partial charge in [0.25, 0.3) is 0 Å². The first-order chi connectivity index (χ1) is 11.8. The molecule has 0 heterocycles. The topological polar surface area (TPSA) is 64.6 Å². The molecule has 2 atom stereocenters. The van der Waals surface area contributed by atoms with Gasteiger partial charge in [0, 0.05) is 6.04 Å². The van der Waals surface area contributed by atoms with Gasteiger partial charge in [-0.15, -0.1) is 0 Å². The van der Waals surface area contributed by atoms with Crippen molar-refractivity contribution in [1.82, 2.24) is 5.32 Å². The van der Waals surface area contributed by atoms with Crippen molar-refractivity contribution in [2.45, 2.75) is 51.7 Å². The van der Waals surface area contributed by atoms with Crippen LogP contribution in [0.3, 0.4) is 0 Å². The fraction of sp³-hybridized carbons (Fsp3) is 0.500. The second-order valence-electron chi connectivity index (χ2n) is 7.29. The smallest absolute Gasteiger partial charge is 0.407 e. The van der Waals surface area contributed by atoms with Crippen molar-refractivity contribution in [1.29, 1.82) is 0 Å². The molecule has 0 spiro atoms. The summed E-state index contributed by atoms with van der Waals surface area (Å²) in [4.78, 5) is 23.8. The van der Waals surface area contributed by atoms with E-state index in [2.05, 4.69) is 11.4 Å².